The first-order valence-corrected chi connectivity index (χ1v) is 3.49. The van der Waals surface area contributed by atoms with Crippen LogP contribution in [0.3, 0.4) is 0 Å². The first kappa shape index (κ1) is 8.01. The van der Waals surface area contributed by atoms with Gasteiger partial charge in [-0.25, -0.2) is 0 Å². The third-order valence-electron chi connectivity index (χ3n) is 1.17. The molecule has 1 aromatic heterocycles. The van der Waals surface area contributed by atoms with Crippen molar-refractivity contribution in [1.82, 2.24) is 10.2 Å². The summed E-state index contributed by atoms with van der Waals surface area (Å²) in [6, 6.07) is 0. The standard InChI is InChI=1S/C8H12N2O/c1-7(2)5-11-6-8-3-9-10-4-8/h3-4H,1,5-6H2,2H3,(H,9,10). The van der Waals surface area contributed by atoms with Gasteiger partial charge >= 0.3 is 0 Å². The minimum absolute atomic E-state index is 0.601. The average molecular weight is 152 g/mol. The summed E-state index contributed by atoms with van der Waals surface area (Å²) in [6.45, 7) is 6.88. The Balaban J connectivity index is 2.19. The Morgan fingerprint density at radius 3 is 3.18 bits per heavy atom. The lowest BCUT2D eigenvalue weighted by atomic mass is 10.4. The van der Waals surface area contributed by atoms with Gasteiger partial charge in [0.15, 0.2) is 0 Å². The number of nitrogens with zero attached hydrogens (tertiary/aromatic N) is 1. The predicted molar refractivity (Wildman–Crippen MR) is 43.1 cm³/mol. The second kappa shape index (κ2) is 3.93. The molecule has 0 radical (unpaired) electrons. The zero-order valence-electron chi connectivity index (χ0n) is 6.63. The number of nitrogens with one attached hydrogen (secondary N) is 1. The van der Waals surface area contributed by atoms with E-state index in [0.29, 0.717) is 13.2 Å². The Morgan fingerprint density at radius 1 is 1.82 bits per heavy atom. The highest BCUT2D eigenvalue weighted by atomic mass is 16.5. The highest BCUT2D eigenvalue weighted by Crippen LogP contribution is 1.98. The van der Waals surface area contributed by atoms with Gasteiger partial charge in [0.05, 0.1) is 19.4 Å². The summed E-state index contributed by atoms with van der Waals surface area (Å²) in [7, 11) is 0. The first-order chi connectivity index (χ1) is 5.29. The van der Waals surface area contributed by atoms with Crippen molar-refractivity contribution in [2.24, 2.45) is 0 Å². The molecule has 1 rings (SSSR count). The SMILES string of the molecule is C=C(C)COCc1cn[nH]c1. The molecule has 0 aliphatic rings. The van der Waals surface area contributed by atoms with Crippen molar-refractivity contribution in [1.29, 1.82) is 0 Å². The quantitative estimate of drug-likeness (QED) is 0.664. The van der Waals surface area contributed by atoms with Crippen LogP contribution in [0.4, 0.5) is 0 Å². The minimum Gasteiger partial charge on any atom is -0.372 e. The van der Waals surface area contributed by atoms with Gasteiger partial charge in [0.2, 0.25) is 0 Å². The molecule has 0 amide bonds. The number of aromatic amines is 1. The molecule has 1 aromatic rings. The fourth-order valence-corrected chi connectivity index (χ4v) is 0.700. The van der Waals surface area contributed by atoms with Gasteiger partial charge in [0.1, 0.15) is 0 Å². The van der Waals surface area contributed by atoms with Crippen molar-refractivity contribution in [3.8, 4) is 0 Å². The summed E-state index contributed by atoms with van der Waals surface area (Å²) in [5.74, 6) is 0. The molecule has 0 atom stereocenters. The molecule has 0 aromatic carbocycles. The van der Waals surface area contributed by atoms with Crippen LogP contribution in [-0.4, -0.2) is 16.8 Å². The van der Waals surface area contributed by atoms with E-state index in [9.17, 15) is 0 Å². The Morgan fingerprint density at radius 2 is 2.64 bits per heavy atom. The number of hydrogen-bond donors (Lipinski definition) is 1. The van der Waals surface area contributed by atoms with Crippen molar-refractivity contribution >= 4 is 0 Å². The second-order valence-corrected chi connectivity index (χ2v) is 2.56. The summed E-state index contributed by atoms with van der Waals surface area (Å²) in [4.78, 5) is 0. The van der Waals surface area contributed by atoms with E-state index in [1.165, 1.54) is 0 Å². The number of aromatic nitrogens is 2. The van der Waals surface area contributed by atoms with Crippen LogP contribution in [0.15, 0.2) is 24.5 Å². The molecule has 0 bridgehead atoms. The van der Waals surface area contributed by atoms with E-state index in [4.69, 9.17) is 4.74 Å². The van der Waals surface area contributed by atoms with E-state index in [1.54, 1.807) is 6.20 Å². The van der Waals surface area contributed by atoms with Crippen LogP contribution in [0.25, 0.3) is 0 Å². The lowest BCUT2D eigenvalue weighted by Gasteiger charge is -1.99. The molecule has 0 saturated heterocycles. The number of hydrogen-bond acceptors (Lipinski definition) is 2. The van der Waals surface area contributed by atoms with Gasteiger partial charge in [-0.15, -0.1) is 0 Å². The largest absolute Gasteiger partial charge is 0.372 e. The first-order valence-electron chi connectivity index (χ1n) is 3.49. The highest BCUT2D eigenvalue weighted by molar-refractivity contribution is 5.00. The van der Waals surface area contributed by atoms with Gasteiger partial charge in [0, 0.05) is 11.8 Å². The van der Waals surface area contributed by atoms with Crippen molar-refractivity contribution in [3.63, 3.8) is 0 Å². The zero-order chi connectivity index (χ0) is 8.10. The lowest BCUT2D eigenvalue weighted by molar-refractivity contribution is 0.143. The number of rotatable bonds is 4. The highest BCUT2D eigenvalue weighted by Gasteiger charge is 1.92. The minimum atomic E-state index is 0.601. The zero-order valence-corrected chi connectivity index (χ0v) is 6.63. The van der Waals surface area contributed by atoms with Crippen molar-refractivity contribution < 1.29 is 4.74 Å². The van der Waals surface area contributed by atoms with E-state index < -0.39 is 0 Å². The van der Waals surface area contributed by atoms with E-state index >= 15 is 0 Å². The summed E-state index contributed by atoms with van der Waals surface area (Å²) >= 11 is 0. The molecule has 0 aliphatic heterocycles. The third kappa shape index (κ3) is 3.00. The fourth-order valence-electron chi connectivity index (χ4n) is 0.700. The molecule has 0 fully saturated rings. The summed E-state index contributed by atoms with van der Waals surface area (Å²) < 4.78 is 5.28. The molecule has 0 aliphatic carbocycles. The maximum atomic E-state index is 5.28. The van der Waals surface area contributed by atoms with Crippen LogP contribution in [0, 0.1) is 0 Å². The molecular formula is C8H12N2O. The Kier molecular flexibility index (Phi) is 2.86. The van der Waals surface area contributed by atoms with Crippen molar-refractivity contribution in [2.45, 2.75) is 13.5 Å². The Hall–Kier alpha value is -1.09. The molecule has 3 heteroatoms. The molecular weight excluding hydrogens is 140 g/mol. The lowest BCUT2D eigenvalue weighted by Crippen LogP contribution is -1.94. The van der Waals surface area contributed by atoms with Crippen LogP contribution < -0.4 is 0 Å². The summed E-state index contributed by atoms with van der Waals surface area (Å²) in [5.41, 5.74) is 2.10. The van der Waals surface area contributed by atoms with Crippen LogP contribution in [0.1, 0.15) is 12.5 Å². The van der Waals surface area contributed by atoms with Crippen LogP contribution in [-0.2, 0) is 11.3 Å². The maximum absolute atomic E-state index is 5.28. The van der Waals surface area contributed by atoms with Crippen LogP contribution in [0.5, 0.6) is 0 Å². The molecule has 0 unspecified atom stereocenters. The number of H-pyrrole nitrogens is 1. The predicted octanol–water partition coefficient (Wildman–Crippen LogP) is 1.50. The Bertz CT molecular complexity index is 216. The normalized spacial score (nSPS) is 9.91. The Labute approximate surface area is 66.1 Å². The van der Waals surface area contributed by atoms with E-state index in [0.717, 1.165) is 11.1 Å². The summed E-state index contributed by atoms with van der Waals surface area (Å²) in [5, 5.41) is 6.51. The van der Waals surface area contributed by atoms with Crippen molar-refractivity contribution in [3.05, 3.63) is 30.1 Å². The smallest absolute Gasteiger partial charge is 0.0751 e. The monoisotopic (exact) mass is 152 g/mol. The molecule has 1 N–H and O–H groups in total. The molecule has 0 spiro atoms. The topological polar surface area (TPSA) is 37.9 Å². The molecule has 60 valence electrons. The van der Waals surface area contributed by atoms with Gasteiger partial charge in [-0.05, 0) is 6.92 Å². The van der Waals surface area contributed by atoms with Crippen LogP contribution in [0.2, 0.25) is 0 Å². The van der Waals surface area contributed by atoms with E-state index in [-0.39, 0.29) is 0 Å². The molecule has 3 nitrogen and oxygen atoms in total. The molecule has 11 heavy (non-hydrogen) atoms. The molecule has 1 heterocycles. The van der Waals surface area contributed by atoms with Crippen molar-refractivity contribution in [2.75, 3.05) is 6.61 Å². The van der Waals surface area contributed by atoms with Gasteiger partial charge in [0.25, 0.3) is 0 Å². The van der Waals surface area contributed by atoms with E-state index in [1.807, 2.05) is 13.1 Å². The third-order valence-corrected chi connectivity index (χ3v) is 1.17. The average Bonchev–Trinajstić information content (AvgIpc) is 2.39. The van der Waals surface area contributed by atoms with Gasteiger partial charge in [-0.2, -0.15) is 5.10 Å². The maximum Gasteiger partial charge on any atom is 0.0751 e. The van der Waals surface area contributed by atoms with E-state index in [2.05, 4.69) is 16.8 Å². The van der Waals surface area contributed by atoms with Gasteiger partial charge < -0.3 is 4.74 Å². The molecule has 0 saturated carbocycles. The van der Waals surface area contributed by atoms with Crippen LogP contribution >= 0.6 is 0 Å². The van der Waals surface area contributed by atoms with Gasteiger partial charge in [-0.1, -0.05) is 12.2 Å². The second-order valence-electron chi connectivity index (χ2n) is 2.56. The van der Waals surface area contributed by atoms with Gasteiger partial charge in [-0.3, -0.25) is 5.10 Å². The summed E-state index contributed by atoms with van der Waals surface area (Å²) in [6.07, 6.45) is 3.57. The number of ether oxygens (including phenoxy) is 1. The fraction of sp³-hybridized carbons (Fsp3) is 0.375.